The molecule has 0 aromatic rings. The van der Waals surface area contributed by atoms with E-state index in [1.165, 1.54) is 0 Å². The van der Waals surface area contributed by atoms with E-state index in [9.17, 15) is 0 Å². The standard InChI is InChI=1S/C7H15N.C2H5.2CH3.U.W.Y/c1-5-8(6-2)7(3)4;1-2;;;;;/h7H,1-2,5-6H2,3-4H3;1H2,2H3;2*1H3;;;/q-2;3*-1;2*+2;. The number of nitrogens with zero attached hydrogens (tertiary/aromatic N) is 1. The predicted molar refractivity (Wildman–Crippen MR) is 61.3 cm³/mol. The van der Waals surface area contributed by atoms with Gasteiger partial charge in [0.05, 0.1) is 0 Å². The molecule has 0 aliphatic heterocycles. The van der Waals surface area contributed by atoms with E-state index < -0.39 is 0 Å². The van der Waals surface area contributed by atoms with Crippen LogP contribution in [0.1, 0.15) is 20.8 Å². The number of hydrogen-bond donors (Lipinski definition) is 0. The van der Waals surface area contributed by atoms with Crippen LogP contribution in [0.25, 0.3) is 0 Å². The molecule has 0 bridgehead atoms. The first-order valence-corrected chi connectivity index (χ1v) is 3.75. The Hall–Kier alpha value is 2.80. The summed E-state index contributed by atoms with van der Waals surface area (Å²) in [4.78, 5) is 2.19. The molecular formula is C11H26NUWY-. The van der Waals surface area contributed by atoms with Crippen molar-refractivity contribution in [2.75, 3.05) is 13.1 Å². The third kappa shape index (κ3) is 31.6. The largest absolute Gasteiger partial charge is 2.00 e. The molecule has 89 valence electrons. The minimum atomic E-state index is 0. The Kier molecular flexibility index (Phi) is 103. The molecule has 0 spiro atoms. The van der Waals surface area contributed by atoms with Gasteiger partial charge in [0.1, 0.15) is 0 Å². The van der Waals surface area contributed by atoms with Gasteiger partial charge in [0, 0.05) is 32.7 Å². The van der Waals surface area contributed by atoms with Gasteiger partial charge in [0.15, 0.2) is 0 Å². The summed E-state index contributed by atoms with van der Waals surface area (Å²) in [6, 6.07) is 0.588. The monoisotopic (exact) mass is 683 g/mol. The zero-order valence-electron chi connectivity index (χ0n) is 11.0. The second kappa shape index (κ2) is 36.0. The van der Waals surface area contributed by atoms with Crippen LogP contribution in [0.2, 0.25) is 0 Å². The molecule has 0 aromatic carbocycles. The van der Waals surface area contributed by atoms with Crippen LogP contribution >= 0.6 is 0 Å². The van der Waals surface area contributed by atoms with Gasteiger partial charge in [-0.1, -0.05) is 13.8 Å². The molecule has 0 fully saturated rings. The van der Waals surface area contributed by atoms with Crippen LogP contribution in [0.15, 0.2) is 0 Å². The minimum Gasteiger partial charge on any atom is -0.360 e. The molecule has 15 heavy (non-hydrogen) atoms. The van der Waals surface area contributed by atoms with Crippen molar-refractivity contribution in [2.45, 2.75) is 26.8 Å². The first kappa shape index (κ1) is 43.1. The van der Waals surface area contributed by atoms with Crippen molar-refractivity contribution in [3.8, 4) is 0 Å². The molecule has 0 rings (SSSR count). The Morgan fingerprint density at radius 2 is 1.20 bits per heavy atom. The maximum Gasteiger partial charge on any atom is 2.00 e. The first-order chi connectivity index (χ1) is 4.72. The summed E-state index contributed by atoms with van der Waals surface area (Å²) >= 11 is 0. The summed E-state index contributed by atoms with van der Waals surface area (Å²) in [7, 11) is 0. The molecule has 0 aliphatic carbocycles. The van der Waals surface area contributed by atoms with Crippen LogP contribution in [0.4, 0.5) is 0 Å². The fourth-order valence-corrected chi connectivity index (χ4v) is 0.628. The van der Waals surface area contributed by atoms with E-state index >= 15 is 0 Å². The second-order valence-electron chi connectivity index (χ2n) is 2.13. The SMILES string of the molecule is [CH2-]C.[CH2-]CN(C[CH2-])C(C)C.[CH3-].[CH3-].[U+2].[W+2].[Y]. The summed E-state index contributed by atoms with van der Waals surface area (Å²) in [6.45, 7) is 18.6. The molecule has 0 N–H and O–H groups in total. The molecule has 0 amide bonds. The van der Waals surface area contributed by atoms with Crippen LogP contribution < -0.4 is 0 Å². The van der Waals surface area contributed by atoms with Crippen molar-refractivity contribution in [1.82, 2.24) is 4.90 Å². The summed E-state index contributed by atoms with van der Waals surface area (Å²) in [5, 5.41) is 0. The Balaban J connectivity index is -0.0000000172. The predicted octanol–water partition coefficient (Wildman–Crippen LogP) is 3.10. The third-order valence-corrected chi connectivity index (χ3v) is 1.30. The summed E-state index contributed by atoms with van der Waals surface area (Å²) < 4.78 is 0. The quantitative estimate of drug-likeness (QED) is 0.414. The van der Waals surface area contributed by atoms with Crippen LogP contribution in [-0.2, 0) is 53.8 Å². The van der Waals surface area contributed by atoms with E-state index in [1.807, 2.05) is 0 Å². The van der Waals surface area contributed by atoms with Crippen molar-refractivity contribution in [2.24, 2.45) is 0 Å². The van der Waals surface area contributed by atoms with E-state index in [4.69, 9.17) is 0 Å². The molecule has 0 aromatic heterocycles. The molecule has 0 saturated heterocycles. The van der Waals surface area contributed by atoms with Crippen molar-refractivity contribution < 1.29 is 84.9 Å². The van der Waals surface area contributed by atoms with Crippen molar-refractivity contribution in [3.63, 3.8) is 0 Å². The summed E-state index contributed by atoms with van der Waals surface area (Å²) in [5.41, 5.74) is 0. The van der Waals surface area contributed by atoms with E-state index in [2.05, 4.69) is 39.5 Å². The van der Waals surface area contributed by atoms with Gasteiger partial charge in [-0.15, -0.1) is 13.1 Å². The molecule has 0 heterocycles. The minimum absolute atomic E-state index is 0. The van der Waals surface area contributed by atoms with Gasteiger partial charge in [-0.3, -0.25) is 0 Å². The van der Waals surface area contributed by atoms with Gasteiger partial charge in [-0.25, -0.2) is 0 Å². The van der Waals surface area contributed by atoms with Gasteiger partial charge in [0.2, 0.25) is 0 Å². The zero-order valence-corrected chi connectivity index (χ0v) is 21.0. The van der Waals surface area contributed by atoms with Crippen molar-refractivity contribution >= 4 is 0 Å². The number of hydrogen-bond acceptors (Lipinski definition) is 1. The van der Waals surface area contributed by atoms with E-state index in [0.29, 0.717) is 6.04 Å². The van der Waals surface area contributed by atoms with E-state index in [-0.39, 0.29) is 99.7 Å². The average molecular weight is 683 g/mol. The molecule has 0 unspecified atom stereocenters. The van der Waals surface area contributed by atoms with Crippen molar-refractivity contribution in [3.05, 3.63) is 35.6 Å². The van der Waals surface area contributed by atoms with Crippen LogP contribution in [-0.4, -0.2) is 24.0 Å². The van der Waals surface area contributed by atoms with Gasteiger partial charge in [-0.05, 0) is 6.04 Å². The zero-order chi connectivity index (χ0) is 8.57. The van der Waals surface area contributed by atoms with Gasteiger partial charge >= 0.3 is 52.2 Å². The third-order valence-electron chi connectivity index (χ3n) is 1.30. The fraction of sp³-hybridized carbons (Fsp3) is 0.545. The fourth-order valence-electron chi connectivity index (χ4n) is 0.628. The molecule has 4 heteroatoms. The smallest absolute Gasteiger partial charge is 0.360 e. The molecule has 1 radical (unpaired) electrons. The maximum atomic E-state index is 3.76. The van der Waals surface area contributed by atoms with Gasteiger partial charge in [0.25, 0.3) is 0 Å². The van der Waals surface area contributed by atoms with E-state index in [0.717, 1.165) is 13.1 Å². The topological polar surface area (TPSA) is 3.24 Å². The molecular weight excluding hydrogens is 657 g/mol. The van der Waals surface area contributed by atoms with Crippen molar-refractivity contribution in [1.29, 1.82) is 0 Å². The maximum absolute atomic E-state index is 3.76. The first-order valence-electron chi connectivity index (χ1n) is 3.75. The molecule has 0 aliphatic rings. The second-order valence-corrected chi connectivity index (χ2v) is 2.13. The van der Waals surface area contributed by atoms with Crippen LogP contribution in [0.3, 0.4) is 0 Å². The average Bonchev–Trinajstić information content (AvgIpc) is 1.94. The Morgan fingerprint density at radius 3 is 1.20 bits per heavy atom. The normalized spacial score (nSPS) is 6.40. The van der Waals surface area contributed by atoms with Crippen LogP contribution in [0, 0.1) is 66.7 Å². The molecule has 0 atom stereocenters. The van der Waals surface area contributed by atoms with Crippen LogP contribution in [0.5, 0.6) is 0 Å². The Labute approximate surface area is 163 Å². The Bertz CT molecular complexity index is 62.5. The van der Waals surface area contributed by atoms with Gasteiger partial charge < -0.3 is 40.5 Å². The summed E-state index contributed by atoms with van der Waals surface area (Å²) in [5.74, 6) is 0. The Morgan fingerprint density at radius 1 is 1.00 bits per heavy atom. The van der Waals surface area contributed by atoms with Gasteiger partial charge in [-0.2, -0.15) is 6.92 Å². The summed E-state index contributed by atoms with van der Waals surface area (Å²) in [6.07, 6.45) is 0. The molecule has 0 saturated carbocycles. The van der Waals surface area contributed by atoms with E-state index in [1.54, 1.807) is 6.92 Å². The number of rotatable bonds is 3. The molecule has 1 nitrogen and oxygen atoms in total.